The highest BCUT2D eigenvalue weighted by atomic mass is 19.1. The van der Waals surface area contributed by atoms with Crippen LogP contribution < -0.4 is 15.4 Å². The lowest BCUT2D eigenvalue weighted by Gasteiger charge is -2.24. The summed E-state index contributed by atoms with van der Waals surface area (Å²) in [6.45, 7) is 0.0527. The van der Waals surface area contributed by atoms with Crippen LogP contribution in [-0.2, 0) is 16.1 Å². The third-order valence-corrected chi connectivity index (χ3v) is 6.49. The Hall–Kier alpha value is -5.18. The van der Waals surface area contributed by atoms with Gasteiger partial charge in [0.1, 0.15) is 11.6 Å². The van der Waals surface area contributed by atoms with Crippen molar-refractivity contribution < 1.29 is 28.2 Å². The van der Waals surface area contributed by atoms with Gasteiger partial charge in [0.15, 0.2) is 12.1 Å². The van der Waals surface area contributed by atoms with Crippen LogP contribution in [0.3, 0.4) is 0 Å². The minimum atomic E-state index is -1.00. The van der Waals surface area contributed by atoms with Gasteiger partial charge >= 0.3 is 6.09 Å². The summed E-state index contributed by atoms with van der Waals surface area (Å²) in [5.41, 5.74) is 2.74. The summed E-state index contributed by atoms with van der Waals surface area (Å²) in [4.78, 5) is 40.5. The van der Waals surface area contributed by atoms with Gasteiger partial charge < -0.3 is 20.1 Å². The molecule has 0 aliphatic carbocycles. The van der Waals surface area contributed by atoms with Gasteiger partial charge in [-0.05, 0) is 65.7 Å². The zero-order valence-corrected chi connectivity index (χ0v) is 21.5. The van der Waals surface area contributed by atoms with Crippen LogP contribution in [0.5, 0.6) is 5.75 Å². The molecule has 0 aromatic heterocycles. The van der Waals surface area contributed by atoms with Crippen molar-refractivity contribution in [1.82, 2.24) is 4.90 Å². The summed E-state index contributed by atoms with van der Waals surface area (Å²) in [5.74, 6) is -0.581. The maximum Gasteiger partial charge on any atom is 0.411 e. The van der Waals surface area contributed by atoms with Crippen molar-refractivity contribution in [2.75, 3.05) is 17.7 Å². The van der Waals surface area contributed by atoms with Gasteiger partial charge in [0.05, 0.1) is 13.7 Å². The van der Waals surface area contributed by atoms with Gasteiger partial charge in [-0.2, -0.15) is 0 Å². The number of rotatable bonds is 8. The first kappa shape index (κ1) is 26.4. The Morgan fingerprint density at radius 3 is 2.27 bits per heavy atom. The summed E-state index contributed by atoms with van der Waals surface area (Å²) in [7, 11) is 1.53. The Bertz CT molecular complexity index is 1510. The fourth-order valence-corrected chi connectivity index (χ4v) is 4.46. The van der Waals surface area contributed by atoms with Crippen LogP contribution in [-0.4, -0.2) is 36.0 Å². The number of nitrogens with zero attached hydrogens (tertiary/aromatic N) is 1. The van der Waals surface area contributed by atoms with Gasteiger partial charge in [0, 0.05) is 16.9 Å². The number of carbonyl (C=O) groups is 3. The molecule has 1 aliphatic heterocycles. The molecule has 2 unspecified atom stereocenters. The standard InChI is InChI=1S/C31H26FN3O5/c1-39-26-9-5-6-22(18-26)29(36)33-25-16-12-21(13-17-25)28-27(30(37)34-24-7-3-2-4-8-24)35(31(38)40-28)19-20-10-14-23(32)15-11-20/h2-18,27-28H,19H2,1H3,(H,33,36)(H,34,37). The smallest absolute Gasteiger partial charge is 0.411 e. The molecule has 0 radical (unpaired) electrons. The van der Waals surface area contributed by atoms with Gasteiger partial charge in [-0.15, -0.1) is 0 Å². The molecular weight excluding hydrogens is 513 g/mol. The molecule has 1 aliphatic rings. The Balaban J connectivity index is 1.38. The zero-order valence-electron chi connectivity index (χ0n) is 21.5. The molecule has 40 heavy (non-hydrogen) atoms. The molecule has 4 aromatic carbocycles. The predicted molar refractivity (Wildman–Crippen MR) is 147 cm³/mol. The molecule has 4 aromatic rings. The third-order valence-electron chi connectivity index (χ3n) is 6.49. The average molecular weight is 540 g/mol. The van der Waals surface area contributed by atoms with Crippen molar-refractivity contribution in [1.29, 1.82) is 0 Å². The number of ether oxygens (including phenoxy) is 2. The fourth-order valence-electron chi connectivity index (χ4n) is 4.46. The summed E-state index contributed by atoms with van der Waals surface area (Å²) < 4.78 is 24.3. The van der Waals surface area contributed by atoms with Crippen molar-refractivity contribution in [2.45, 2.75) is 18.7 Å². The van der Waals surface area contributed by atoms with Gasteiger partial charge in [-0.3, -0.25) is 14.5 Å². The van der Waals surface area contributed by atoms with Gasteiger partial charge in [0.2, 0.25) is 0 Å². The molecule has 202 valence electrons. The van der Waals surface area contributed by atoms with Gasteiger partial charge in [-0.25, -0.2) is 9.18 Å². The first-order valence-electron chi connectivity index (χ1n) is 12.5. The fraction of sp³-hybridized carbons (Fsp3) is 0.129. The van der Waals surface area contributed by atoms with E-state index in [1.54, 1.807) is 84.9 Å². The van der Waals surface area contributed by atoms with Crippen molar-refractivity contribution >= 4 is 29.3 Å². The third kappa shape index (κ3) is 5.94. The highest BCUT2D eigenvalue weighted by molar-refractivity contribution is 6.04. The van der Waals surface area contributed by atoms with Crippen molar-refractivity contribution in [2.24, 2.45) is 0 Å². The SMILES string of the molecule is COc1cccc(C(=O)Nc2ccc(C3OC(=O)N(Cc4ccc(F)cc4)C3C(=O)Nc3ccccc3)cc2)c1. The van der Waals surface area contributed by atoms with E-state index in [1.165, 1.54) is 24.1 Å². The summed E-state index contributed by atoms with van der Waals surface area (Å²) in [5, 5.41) is 5.68. The Kier molecular flexibility index (Phi) is 7.72. The summed E-state index contributed by atoms with van der Waals surface area (Å²) in [6, 6.07) is 27.1. The van der Waals surface area contributed by atoms with E-state index in [1.807, 2.05) is 6.07 Å². The maximum absolute atomic E-state index is 13.5. The molecule has 2 N–H and O–H groups in total. The average Bonchev–Trinajstić information content (AvgIpc) is 3.30. The number of benzene rings is 4. The van der Waals surface area contributed by atoms with E-state index in [2.05, 4.69) is 10.6 Å². The molecule has 0 bridgehead atoms. The van der Waals surface area contributed by atoms with Gasteiger partial charge in [0.25, 0.3) is 11.8 Å². The second-order valence-corrected chi connectivity index (χ2v) is 9.17. The molecule has 5 rings (SSSR count). The zero-order chi connectivity index (χ0) is 28.1. The molecule has 1 fully saturated rings. The van der Waals surface area contributed by atoms with E-state index in [0.717, 1.165) is 0 Å². The first-order chi connectivity index (χ1) is 19.4. The van der Waals surface area contributed by atoms with Crippen molar-refractivity contribution in [3.8, 4) is 5.75 Å². The number of carbonyl (C=O) groups excluding carboxylic acids is 3. The van der Waals surface area contributed by atoms with E-state index in [-0.39, 0.29) is 12.5 Å². The molecule has 0 saturated carbocycles. The largest absolute Gasteiger partial charge is 0.497 e. The van der Waals surface area contributed by atoms with Crippen LogP contribution >= 0.6 is 0 Å². The summed E-state index contributed by atoms with van der Waals surface area (Å²) >= 11 is 0. The number of halogens is 1. The molecule has 2 atom stereocenters. The number of methoxy groups -OCH3 is 1. The highest BCUT2D eigenvalue weighted by Gasteiger charge is 2.47. The molecule has 0 spiro atoms. The number of hydrogen-bond acceptors (Lipinski definition) is 5. The lowest BCUT2D eigenvalue weighted by atomic mass is 10.00. The van der Waals surface area contributed by atoms with E-state index in [0.29, 0.717) is 33.8 Å². The highest BCUT2D eigenvalue weighted by Crippen LogP contribution is 2.35. The Labute approximate surface area is 230 Å². The first-order valence-corrected chi connectivity index (χ1v) is 12.5. The van der Waals surface area contributed by atoms with Crippen LogP contribution in [0, 0.1) is 5.82 Å². The maximum atomic E-state index is 13.5. The second-order valence-electron chi connectivity index (χ2n) is 9.17. The number of nitrogens with one attached hydrogen (secondary N) is 2. The molecule has 8 nitrogen and oxygen atoms in total. The number of amides is 3. The van der Waals surface area contributed by atoms with Crippen molar-refractivity contribution in [3.05, 3.63) is 126 Å². The molecule has 1 saturated heterocycles. The minimum absolute atomic E-state index is 0.0527. The van der Waals surface area contributed by atoms with E-state index in [9.17, 15) is 18.8 Å². The second kappa shape index (κ2) is 11.7. The van der Waals surface area contributed by atoms with Gasteiger partial charge in [-0.1, -0.05) is 48.5 Å². The molecular formula is C31H26FN3O5. The number of cyclic esters (lactones) is 1. The lowest BCUT2D eigenvalue weighted by molar-refractivity contribution is -0.121. The lowest BCUT2D eigenvalue weighted by Crippen LogP contribution is -2.43. The summed E-state index contributed by atoms with van der Waals surface area (Å²) in [6.07, 6.45) is -1.59. The topological polar surface area (TPSA) is 97.0 Å². The van der Waals surface area contributed by atoms with Crippen LogP contribution in [0.4, 0.5) is 20.6 Å². The van der Waals surface area contributed by atoms with Crippen LogP contribution in [0.25, 0.3) is 0 Å². The number of para-hydroxylation sites is 1. The quantitative estimate of drug-likeness (QED) is 0.296. The van der Waals surface area contributed by atoms with Crippen LogP contribution in [0.15, 0.2) is 103 Å². The Morgan fingerprint density at radius 1 is 0.875 bits per heavy atom. The molecule has 3 amide bonds. The Morgan fingerprint density at radius 2 is 1.57 bits per heavy atom. The predicted octanol–water partition coefficient (Wildman–Crippen LogP) is 5.79. The normalized spacial score (nSPS) is 16.2. The minimum Gasteiger partial charge on any atom is -0.497 e. The number of anilines is 2. The molecule has 1 heterocycles. The van der Waals surface area contributed by atoms with Crippen LogP contribution in [0.2, 0.25) is 0 Å². The van der Waals surface area contributed by atoms with Crippen LogP contribution in [0.1, 0.15) is 27.6 Å². The van der Waals surface area contributed by atoms with E-state index < -0.39 is 30.0 Å². The molecule has 9 heteroatoms. The van der Waals surface area contributed by atoms with E-state index >= 15 is 0 Å². The monoisotopic (exact) mass is 539 g/mol. The van der Waals surface area contributed by atoms with E-state index in [4.69, 9.17) is 9.47 Å². The number of hydrogen-bond donors (Lipinski definition) is 2. The van der Waals surface area contributed by atoms with Crippen molar-refractivity contribution in [3.63, 3.8) is 0 Å².